The Hall–Kier alpha value is -1.72. The van der Waals surface area contributed by atoms with Crippen molar-refractivity contribution in [2.24, 2.45) is 5.18 Å². The third-order valence-corrected chi connectivity index (χ3v) is 2.02. The van der Waals surface area contributed by atoms with Crippen molar-refractivity contribution in [2.75, 3.05) is 6.61 Å². The van der Waals surface area contributed by atoms with Crippen molar-refractivity contribution in [1.82, 2.24) is 9.78 Å². The zero-order valence-electron chi connectivity index (χ0n) is 8.93. The van der Waals surface area contributed by atoms with Crippen LogP contribution >= 0.6 is 0 Å². The van der Waals surface area contributed by atoms with Crippen LogP contribution < -0.4 is 0 Å². The molecule has 0 aliphatic heterocycles. The maximum Gasteiger partial charge on any atom is 0.333 e. The quantitative estimate of drug-likeness (QED) is 0.559. The molecule has 1 heterocycles. The number of carbonyl (C=O) groups is 1. The van der Waals surface area contributed by atoms with E-state index >= 15 is 0 Å². The molecule has 1 rings (SSSR count). The Morgan fingerprint density at radius 2 is 2.33 bits per heavy atom. The number of esters is 1. The Bertz CT molecular complexity index is 370. The molecule has 15 heavy (non-hydrogen) atoms. The molecule has 0 saturated heterocycles. The number of hydrogen-bond donors (Lipinski definition) is 0. The van der Waals surface area contributed by atoms with E-state index in [0.29, 0.717) is 6.61 Å². The average Bonchev–Trinajstić information content (AvgIpc) is 2.66. The Morgan fingerprint density at radius 3 is 2.80 bits per heavy atom. The van der Waals surface area contributed by atoms with Crippen LogP contribution in [-0.4, -0.2) is 22.4 Å². The van der Waals surface area contributed by atoms with E-state index in [-0.39, 0.29) is 5.69 Å². The molecule has 0 radical (unpaired) electrons. The van der Waals surface area contributed by atoms with Crippen LogP contribution in [0.4, 0.5) is 5.69 Å². The SMILES string of the molecule is CCOC(=O)C(C)(C)n1cc(N=O)cn1. The van der Waals surface area contributed by atoms with Gasteiger partial charge in [0.15, 0.2) is 5.54 Å². The lowest BCUT2D eigenvalue weighted by Gasteiger charge is -2.22. The second-order valence-corrected chi connectivity index (χ2v) is 3.51. The largest absolute Gasteiger partial charge is 0.464 e. The molecule has 0 aliphatic rings. The van der Waals surface area contributed by atoms with Gasteiger partial charge in [0, 0.05) is 0 Å². The Morgan fingerprint density at radius 1 is 1.67 bits per heavy atom. The highest BCUT2D eigenvalue weighted by molar-refractivity contribution is 5.77. The fraction of sp³-hybridized carbons (Fsp3) is 0.556. The number of ether oxygens (including phenoxy) is 1. The average molecular weight is 211 g/mol. The zero-order chi connectivity index (χ0) is 11.5. The molecule has 0 saturated carbocycles. The first kappa shape index (κ1) is 11.4. The van der Waals surface area contributed by atoms with Gasteiger partial charge in [-0.2, -0.15) is 5.10 Å². The van der Waals surface area contributed by atoms with E-state index in [9.17, 15) is 9.70 Å². The lowest BCUT2D eigenvalue weighted by atomic mass is 10.1. The minimum Gasteiger partial charge on any atom is -0.464 e. The fourth-order valence-electron chi connectivity index (χ4n) is 1.07. The molecule has 0 aliphatic carbocycles. The van der Waals surface area contributed by atoms with Crippen molar-refractivity contribution in [2.45, 2.75) is 26.3 Å². The molecule has 6 heteroatoms. The van der Waals surface area contributed by atoms with Crippen molar-refractivity contribution in [3.05, 3.63) is 17.3 Å². The summed E-state index contributed by atoms with van der Waals surface area (Å²) in [7, 11) is 0. The third-order valence-electron chi connectivity index (χ3n) is 2.02. The minimum atomic E-state index is -0.932. The van der Waals surface area contributed by atoms with Gasteiger partial charge in [-0.15, -0.1) is 4.91 Å². The molecule has 0 spiro atoms. The number of hydrogen-bond acceptors (Lipinski definition) is 5. The topological polar surface area (TPSA) is 73.6 Å². The summed E-state index contributed by atoms with van der Waals surface area (Å²) in [5.41, 5.74) is -0.744. The van der Waals surface area contributed by atoms with Crippen LogP contribution in [0.25, 0.3) is 0 Å². The summed E-state index contributed by atoms with van der Waals surface area (Å²) in [6.45, 7) is 5.36. The van der Waals surface area contributed by atoms with Crippen LogP contribution in [0.5, 0.6) is 0 Å². The monoisotopic (exact) mass is 211 g/mol. The van der Waals surface area contributed by atoms with Crippen LogP contribution in [-0.2, 0) is 15.1 Å². The molecule has 0 aromatic carbocycles. The van der Waals surface area contributed by atoms with Crippen LogP contribution in [0.15, 0.2) is 17.6 Å². The summed E-state index contributed by atoms with van der Waals surface area (Å²) in [4.78, 5) is 21.8. The van der Waals surface area contributed by atoms with Crippen LogP contribution in [0.1, 0.15) is 20.8 Å². The molecule has 6 nitrogen and oxygen atoms in total. The van der Waals surface area contributed by atoms with Gasteiger partial charge in [0.05, 0.1) is 19.0 Å². The summed E-state index contributed by atoms with van der Waals surface area (Å²) in [5.74, 6) is -0.398. The van der Waals surface area contributed by atoms with E-state index in [4.69, 9.17) is 4.74 Å². The van der Waals surface area contributed by atoms with Gasteiger partial charge in [0.1, 0.15) is 5.69 Å². The fourth-order valence-corrected chi connectivity index (χ4v) is 1.07. The van der Waals surface area contributed by atoms with Gasteiger partial charge in [-0.05, 0) is 25.9 Å². The van der Waals surface area contributed by atoms with Gasteiger partial charge in [-0.1, -0.05) is 0 Å². The Balaban J connectivity index is 2.93. The molecule has 1 aromatic rings. The highest BCUT2D eigenvalue weighted by atomic mass is 16.5. The number of carbonyl (C=O) groups excluding carboxylic acids is 1. The molecule has 0 atom stereocenters. The predicted molar refractivity (Wildman–Crippen MR) is 53.6 cm³/mol. The Kier molecular flexibility index (Phi) is 3.18. The minimum absolute atomic E-state index is 0.187. The highest BCUT2D eigenvalue weighted by Crippen LogP contribution is 2.19. The van der Waals surface area contributed by atoms with Crippen molar-refractivity contribution in [3.63, 3.8) is 0 Å². The predicted octanol–water partition coefficient (Wildman–Crippen LogP) is 1.58. The molecule has 1 aromatic heterocycles. The normalized spacial score (nSPS) is 11.1. The first-order valence-corrected chi connectivity index (χ1v) is 4.58. The maximum atomic E-state index is 11.6. The van der Waals surface area contributed by atoms with Gasteiger partial charge in [0.2, 0.25) is 0 Å². The highest BCUT2D eigenvalue weighted by Gasteiger charge is 2.32. The van der Waals surface area contributed by atoms with E-state index in [0.717, 1.165) is 0 Å². The first-order chi connectivity index (χ1) is 7.02. The van der Waals surface area contributed by atoms with Gasteiger partial charge in [0.25, 0.3) is 0 Å². The third kappa shape index (κ3) is 2.20. The lowest BCUT2D eigenvalue weighted by Crippen LogP contribution is -2.37. The van der Waals surface area contributed by atoms with E-state index in [1.165, 1.54) is 17.1 Å². The number of aromatic nitrogens is 2. The molecule has 0 bridgehead atoms. The summed E-state index contributed by atoms with van der Waals surface area (Å²) >= 11 is 0. The van der Waals surface area contributed by atoms with Gasteiger partial charge >= 0.3 is 5.97 Å². The van der Waals surface area contributed by atoms with E-state index in [1.807, 2.05) is 0 Å². The van der Waals surface area contributed by atoms with E-state index in [1.54, 1.807) is 20.8 Å². The van der Waals surface area contributed by atoms with Gasteiger partial charge in [-0.3, -0.25) is 4.68 Å². The number of nitroso groups, excluding NO2 is 1. The smallest absolute Gasteiger partial charge is 0.333 e. The van der Waals surface area contributed by atoms with Crippen LogP contribution in [0, 0.1) is 4.91 Å². The van der Waals surface area contributed by atoms with Crippen molar-refractivity contribution < 1.29 is 9.53 Å². The van der Waals surface area contributed by atoms with E-state index in [2.05, 4.69) is 10.3 Å². The molecular weight excluding hydrogens is 198 g/mol. The first-order valence-electron chi connectivity index (χ1n) is 4.58. The summed E-state index contributed by atoms with van der Waals surface area (Å²) < 4.78 is 6.26. The molecular formula is C9H13N3O3. The summed E-state index contributed by atoms with van der Waals surface area (Å²) in [6, 6.07) is 0. The number of rotatable bonds is 4. The Labute approximate surface area is 87.2 Å². The molecule has 0 N–H and O–H groups in total. The summed E-state index contributed by atoms with van der Waals surface area (Å²) in [6.07, 6.45) is 2.71. The second-order valence-electron chi connectivity index (χ2n) is 3.51. The van der Waals surface area contributed by atoms with Crippen LogP contribution in [0.3, 0.4) is 0 Å². The maximum absolute atomic E-state index is 11.6. The molecule has 0 unspecified atom stereocenters. The van der Waals surface area contributed by atoms with Crippen LogP contribution in [0.2, 0.25) is 0 Å². The van der Waals surface area contributed by atoms with Crippen molar-refractivity contribution >= 4 is 11.7 Å². The van der Waals surface area contributed by atoms with Crippen molar-refractivity contribution in [1.29, 1.82) is 0 Å². The van der Waals surface area contributed by atoms with E-state index < -0.39 is 11.5 Å². The summed E-state index contributed by atoms with van der Waals surface area (Å²) in [5, 5.41) is 6.61. The van der Waals surface area contributed by atoms with Crippen molar-refractivity contribution in [3.8, 4) is 0 Å². The molecule has 0 fully saturated rings. The number of nitrogens with zero attached hydrogens (tertiary/aromatic N) is 3. The second kappa shape index (κ2) is 4.20. The van der Waals surface area contributed by atoms with Gasteiger partial charge in [-0.25, -0.2) is 4.79 Å². The zero-order valence-corrected chi connectivity index (χ0v) is 8.93. The molecule has 0 amide bonds. The lowest BCUT2D eigenvalue weighted by molar-refractivity contribution is -0.152. The molecule has 82 valence electrons. The van der Waals surface area contributed by atoms with Gasteiger partial charge < -0.3 is 4.74 Å². The standard InChI is InChI=1S/C9H13N3O3/c1-4-15-8(13)9(2,3)12-6-7(11-14)5-10-12/h5-6H,4H2,1-3H3.